The summed E-state index contributed by atoms with van der Waals surface area (Å²) in [4.78, 5) is 22.3. The molecule has 1 N–H and O–H groups in total. The van der Waals surface area contributed by atoms with Gasteiger partial charge in [-0.2, -0.15) is 0 Å². The fraction of sp³-hybridized carbons (Fsp3) is 0.267. The average molecular weight is 286 g/mol. The van der Waals surface area contributed by atoms with Gasteiger partial charge >= 0.3 is 0 Å². The molecule has 0 aliphatic rings. The SMILES string of the molecule is COCCNC(=O)c1ccnc(N(C)c2ccccc2)n1. The number of carbonyl (C=O) groups excluding carboxylic acids is 1. The van der Waals surface area contributed by atoms with E-state index in [0.717, 1.165) is 5.69 Å². The van der Waals surface area contributed by atoms with Crippen LogP contribution in [0.15, 0.2) is 42.6 Å². The number of para-hydroxylation sites is 1. The molecule has 1 aromatic heterocycles. The first-order valence-corrected chi connectivity index (χ1v) is 6.61. The van der Waals surface area contributed by atoms with E-state index in [1.807, 2.05) is 42.3 Å². The predicted molar refractivity (Wildman–Crippen MR) is 80.7 cm³/mol. The van der Waals surface area contributed by atoms with Gasteiger partial charge in [0.25, 0.3) is 5.91 Å². The molecule has 1 aromatic carbocycles. The number of carbonyl (C=O) groups is 1. The zero-order valence-electron chi connectivity index (χ0n) is 12.1. The van der Waals surface area contributed by atoms with Crippen molar-refractivity contribution in [3.05, 3.63) is 48.3 Å². The number of nitrogens with zero attached hydrogens (tertiary/aromatic N) is 3. The molecule has 21 heavy (non-hydrogen) atoms. The Labute approximate surface area is 123 Å². The van der Waals surface area contributed by atoms with Crippen LogP contribution in [-0.4, -0.2) is 43.2 Å². The van der Waals surface area contributed by atoms with Crippen LogP contribution in [0.5, 0.6) is 0 Å². The van der Waals surface area contributed by atoms with Crippen molar-refractivity contribution in [2.24, 2.45) is 0 Å². The van der Waals surface area contributed by atoms with Crippen LogP contribution >= 0.6 is 0 Å². The molecule has 6 heteroatoms. The smallest absolute Gasteiger partial charge is 0.270 e. The van der Waals surface area contributed by atoms with Gasteiger partial charge in [0.1, 0.15) is 5.69 Å². The van der Waals surface area contributed by atoms with Crippen LogP contribution in [0.3, 0.4) is 0 Å². The Morgan fingerprint density at radius 1 is 1.29 bits per heavy atom. The Kier molecular flexibility index (Phi) is 5.22. The number of ether oxygens (including phenoxy) is 1. The molecular weight excluding hydrogens is 268 g/mol. The van der Waals surface area contributed by atoms with Crippen molar-refractivity contribution in [2.45, 2.75) is 0 Å². The summed E-state index contributed by atoms with van der Waals surface area (Å²) >= 11 is 0. The molecular formula is C15H18N4O2. The van der Waals surface area contributed by atoms with E-state index in [0.29, 0.717) is 24.8 Å². The maximum Gasteiger partial charge on any atom is 0.270 e. The second-order valence-electron chi connectivity index (χ2n) is 4.39. The summed E-state index contributed by atoms with van der Waals surface area (Å²) in [6.45, 7) is 0.913. The van der Waals surface area contributed by atoms with Gasteiger partial charge in [0.05, 0.1) is 6.61 Å². The summed E-state index contributed by atoms with van der Waals surface area (Å²) in [6, 6.07) is 11.3. The molecule has 0 bridgehead atoms. The van der Waals surface area contributed by atoms with Crippen molar-refractivity contribution in [1.29, 1.82) is 0 Å². The Morgan fingerprint density at radius 3 is 2.76 bits per heavy atom. The molecule has 0 unspecified atom stereocenters. The lowest BCUT2D eigenvalue weighted by molar-refractivity contribution is 0.0932. The van der Waals surface area contributed by atoms with E-state index >= 15 is 0 Å². The second-order valence-corrected chi connectivity index (χ2v) is 4.39. The minimum absolute atomic E-state index is 0.239. The maximum absolute atomic E-state index is 12.0. The minimum atomic E-state index is -0.239. The van der Waals surface area contributed by atoms with Crippen LogP contribution in [0.4, 0.5) is 11.6 Å². The van der Waals surface area contributed by atoms with Crippen molar-refractivity contribution in [1.82, 2.24) is 15.3 Å². The van der Waals surface area contributed by atoms with Gasteiger partial charge in [0.15, 0.2) is 0 Å². The van der Waals surface area contributed by atoms with Gasteiger partial charge in [-0.15, -0.1) is 0 Å². The maximum atomic E-state index is 12.0. The first kappa shape index (κ1) is 14.9. The number of benzene rings is 1. The molecule has 0 saturated carbocycles. The largest absolute Gasteiger partial charge is 0.383 e. The van der Waals surface area contributed by atoms with Crippen LogP contribution in [0, 0.1) is 0 Å². The average Bonchev–Trinajstić information content (AvgIpc) is 2.55. The molecule has 6 nitrogen and oxygen atoms in total. The number of rotatable bonds is 6. The molecule has 0 radical (unpaired) electrons. The molecule has 2 rings (SSSR count). The van der Waals surface area contributed by atoms with Crippen molar-refractivity contribution in [3.63, 3.8) is 0 Å². The first-order chi connectivity index (χ1) is 10.2. The third kappa shape index (κ3) is 4.00. The summed E-state index contributed by atoms with van der Waals surface area (Å²) in [5.41, 5.74) is 1.29. The number of methoxy groups -OCH3 is 1. The van der Waals surface area contributed by atoms with Crippen LogP contribution in [0.25, 0.3) is 0 Å². The highest BCUT2D eigenvalue weighted by atomic mass is 16.5. The van der Waals surface area contributed by atoms with Crippen molar-refractivity contribution >= 4 is 17.5 Å². The van der Waals surface area contributed by atoms with E-state index in [1.165, 1.54) is 0 Å². The number of hydrogen-bond acceptors (Lipinski definition) is 5. The van der Waals surface area contributed by atoms with Crippen molar-refractivity contribution in [2.75, 3.05) is 32.2 Å². The Balaban J connectivity index is 2.12. The highest BCUT2D eigenvalue weighted by molar-refractivity contribution is 5.92. The summed E-state index contributed by atoms with van der Waals surface area (Å²) < 4.78 is 4.89. The molecule has 0 atom stereocenters. The van der Waals surface area contributed by atoms with E-state index in [4.69, 9.17) is 4.74 Å². The van der Waals surface area contributed by atoms with Gasteiger partial charge in [-0.25, -0.2) is 9.97 Å². The Hall–Kier alpha value is -2.47. The number of nitrogens with one attached hydrogen (secondary N) is 1. The highest BCUT2D eigenvalue weighted by Crippen LogP contribution is 2.18. The summed E-state index contributed by atoms with van der Waals surface area (Å²) in [5, 5.41) is 2.73. The van der Waals surface area contributed by atoms with E-state index in [1.54, 1.807) is 19.4 Å². The molecule has 1 amide bonds. The van der Waals surface area contributed by atoms with Gasteiger partial charge in [-0.05, 0) is 18.2 Å². The zero-order valence-corrected chi connectivity index (χ0v) is 12.1. The second kappa shape index (κ2) is 7.35. The van der Waals surface area contributed by atoms with E-state index < -0.39 is 0 Å². The van der Waals surface area contributed by atoms with Crippen molar-refractivity contribution in [3.8, 4) is 0 Å². The Morgan fingerprint density at radius 2 is 2.05 bits per heavy atom. The molecule has 0 saturated heterocycles. The molecule has 0 aliphatic heterocycles. The predicted octanol–water partition coefficient (Wildman–Crippen LogP) is 1.62. The van der Waals surface area contributed by atoms with Gasteiger partial charge in [0.2, 0.25) is 5.95 Å². The van der Waals surface area contributed by atoms with Gasteiger partial charge < -0.3 is 15.0 Å². The van der Waals surface area contributed by atoms with Gasteiger partial charge in [-0.1, -0.05) is 18.2 Å². The van der Waals surface area contributed by atoms with Crippen LogP contribution in [0.1, 0.15) is 10.5 Å². The van der Waals surface area contributed by atoms with Crippen LogP contribution < -0.4 is 10.2 Å². The topological polar surface area (TPSA) is 67.3 Å². The summed E-state index contributed by atoms with van der Waals surface area (Å²) in [5.74, 6) is 0.234. The number of hydrogen-bond donors (Lipinski definition) is 1. The fourth-order valence-corrected chi connectivity index (χ4v) is 1.76. The van der Waals surface area contributed by atoms with E-state index in [2.05, 4.69) is 15.3 Å². The van der Waals surface area contributed by atoms with Gasteiger partial charge in [-0.3, -0.25) is 4.79 Å². The lowest BCUT2D eigenvalue weighted by Gasteiger charge is -2.17. The van der Waals surface area contributed by atoms with Crippen LogP contribution in [-0.2, 0) is 4.74 Å². The molecule has 2 aromatic rings. The standard InChI is InChI=1S/C15H18N4O2/c1-19(12-6-4-3-5-7-12)15-17-9-8-13(18-15)14(20)16-10-11-21-2/h3-9H,10-11H2,1-2H3,(H,16,20). The number of amides is 1. The Bertz CT molecular complexity index is 589. The summed E-state index contributed by atoms with van der Waals surface area (Å²) in [6.07, 6.45) is 1.58. The number of aromatic nitrogens is 2. The molecule has 0 aliphatic carbocycles. The highest BCUT2D eigenvalue weighted by Gasteiger charge is 2.11. The third-order valence-electron chi connectivity index (χ3n) is 2.91. The third-order valence-corrected chi connectivity index (χ3v) is 2.91. The minimum Gasteiger partial charge on any atom is -0.383 e. The summed E-state index contributed by atoms with van der Waals surface area (Å²) in [7, 11) is 3.45. The number of anilines is 2. The van der Waals surface area contributed by atoms with E-state index in [9.17, 15) is 4.79 Å². The zero-order chi connectivity index (χ0) is 15.1. The van der Waals surface area contributed by atoms with Crippen molar-refractivity contribution < 1.29 is 9.53 Å². The van der Waals surface area contributed by atoms with Crippen LogP contribution in [0.2, 0.25) is 0 Å². The lowest BCUT2D eigenvalue weighted by atomic mass is 10.3. The van der Waals surface area contributed by atoms with E-state index in [-0.39, 0.29) is 5.91 Å². The quantitative estimate of drug-likeness (QED) is 0.817. The fourth-order valence-electron chi connectivity index (χ4n) is 1.76. The molecule has 1 heterocycles. The lowest BCUT2D eigenvalue weighted by Crippen LogP contribution is -2.28. The monoisotopic (exact) mass is 286 g/mol. The molecule has 110 valence electrons. The normalized spacial score (nSPS) is 10.2. The molecule has 0 spiro atoms. The van der Waals surface area contributed by atoms with Gasteiger partial charge in [0, 0.05) is 32.6 Å². The molecule has 0 fully saturated rings. The first-order valence-electron chi connectivity index (χ1n) is 6.61.